The minimum Gasteiger partial charge on any atom is -0.496 e. The number of aromatic nitrogens is 1. The average Bonchev–Trinajstić information content (AvgIpc) is 2.20. The second-order valence-corrected chi connectivity index (χ2v) is 4.22. The number of hydrogen-bond acceptors (Lipinski definition) is 3. The zero-order valence-electron chi connectivity index (χ0n) is 10.5. The van der Waals surface area contributed by atoms with E-state index in [0.717, 1.165) is 5.56 Å². The van der Waals surface area contributed by atoms with E-state index in [9.17, 15) is 18.3 Å². The van der Waals surface area contributed by atoms with Crippen LogP contribution in [0.1, 0.15) is 23.2 Å². The van der Waals surface area contributed by atoms with Crippen molar-refractivity contribution in [2.24, 2.45) is 0 Å². The predicted molar refractivity (Wildman–Crippen MR) is 60.6 cm³/mol. The third-order valence-electron chi connectivity index (χ3n) is 2.65. The number of aryl methyl sites for hydroxylation is 1. The highest BCUT2D eigenvalue weighted by molar-refractivity contribution is 5.41. The molecule has 0 bridgehead atoms. The molecule has 18 heavy (non-hydrogen) atoms. The highest BCUT2D eigenvalue weighted by atomic mass is 19.4. The van der Waals surface area contributed by atoms with E-state index in [0.29, 0.717) is 17.0 Å². The summed E-state index contributed by atoms with van der Waals surface area (Å²) in [6, 6.07) is 0. The Morgan fingerprint density at radius 2 is 2.00 bits per heavy atom. The molecule has 6 heteroatoms. The Morgan fingerprint density at radius 3 is 2.50 bits per heavy atom. The highest BCUT2D eigenvalue weighted by Crippen LogP contribution is 2.27. The molecular weight excluding hydrogens is 247 g/mol. The largest absolute Gasteiger partial charge is 0.496 e. The molecule has 1 unspecified atom stereocenters. The summed E-state index contributed by atoms with van der Waals surface area (Å²) in [5.74, 6) is 0.596. The van der Waals surface area contributed by atoms with E-state index in [4.69, 9.17) is 4.74 Å². The molecule has 1 aromatic heterocycles. The lowest BCUT2D eigenvalue weighted by Crippen LogP contribution is -2.22. The first-order chi connectivity index (χ1) is 8.24. The number of aliphatic hydroxyl groups excluding tert-OH is 1. The maximum absolute atomic E-state index is 12.1. The lowest BCUT2D eigenvalue weighted by molar-refractivity contribution is -0.153. The summed E-state index contributed by atoms with van der Waals surface area (Å²) in [5.41, 5.74) is 1.90. The van der Waals surface area contributed by atoms with Crippen molar-refractivity contribution in [3.8, 4) is 5.75 Å². The number of halogens is 3. The molecule has 0 radical (unpaired) electrons. The van der Waals surface area contributed by atoms with E-state index >= 15 is 0 Å². The first-order valence-corrected chi connectivity index (χ1v) is 5.48. The summed E-state index contributed by atoms with van der Waals surface area (Å²) in [4.78, 5) is 4.05. The minimum atomic E-state index is -4.37. The van der Waals surface area contributed by atoms with Gasteiger partial charge in [0.05, 0.1) is 19.6 Å². The molecule has 0 aliphatic rings. The molecule has 1 N–H and O–H groups in total. The fourth-order valence-corrected chi connectivity index (χ4v) is 1.84. The van der Waals surface area contributed by atoms with Gasteiger partial charge >= 0.3 is 6.18 Å². The second kappa shape index (κ2) is 5.56. The number of alkyl halides is 3. The Morgan fingerprint density at radius 1 is 1.39 bits per heavy atom. The Bertz CT molecular complexity index is 419. The monoisotopic (exact) mass is 263 g/mol. The van der Waals surface area contributed by atoms with E-state index in [1.54, 1.807) is 13.8 Å². The van der Waals surface area contributed by atoms with Gasteiger partial charge in [-0.25, -0.2) is 0 Å². The van der Waals surface area contributed by atoms with Crippen LogP contribution >= 0.6 is 0 Å². The molecule has 0 amide bonds. The van der Waals surface area contributed by atoms with Crippen molar-refractivity contribution in [3.05, 3.63) is 23.0 Å². The minimum absolute atomic E-state index is 0.137. The van der Waals surface area contributed by atoms with E-state index in [2.05, 4.69) is 4.98 Å². The van der Waals surface area contributed by atoms with Crippen molar-refractivity contribution >= 4 is 0 Å². The van der Waals surface area contributed by atoms with Crippen LogP contribution in [0.25, 0.3) is 0 Å². The van der Waals surface area contributed by atoms with Gasteiger partial charge in [0.15, 0.2) is 0 Å². The van der Waals surface area contributed by atoms with Crippen LogP contribution in [0.15, 0.2) is 6.20 Å². The third-order valence-corrected chi connectivity index (χ3v) is 2.65. The fourth-order valence-electron chi connectivity index (χ4n) is 1.84. The molecule has 0 aliphatic carbocycles. The highest BCUT2D eigenvalue weighted by Gasteiger charge is 2.31. The molecule has 0 aliphatic heterocycles. The first-order valence-electron chi connectivity index (χ1n) is 5.48. The lowest BCUT2D eigenvalue weighted by Gasteiger charge is -2.16. The summed E-state index contributed by atoms with van der Waals surface area (Å²) >= 11 is 0. The van der Waals surface area contributed by atoms with Crippen molar-refractivity contribution in [1.82, 2.24) is 4.98 Å². The van der Waals surface area contributed by atoms with Crippen LogP contribution in [0.5, 0.6) is 5.75 Å². The van der Waals surface area contributed by atoms with E-state index in [-0.39, 0.29) is 6.42 Å². The number of hydrogen-bond donors (Lipinski definition) is 1. The van der Waals surface area contributed by atoms with Crippen molar-refractivity contribution in [2.45, 2.75) is 39.0 Å². The molecule has 102 valence electrons. The van der Waals surface area contributed by atoms with Crippen LogP contribution in [0.2, 0.25) is 0 Å². The lowest BCUT2D eigenvalue weighted by atomic mass is 10.0. The van der Waals surface area contributed by atoms with Gasteiger partial charge in [-0.05, 0) is 13.8 Å². The molecule has 0 fully saturated rings. The second-order valence-electron chi connectivity index (χ2n) is 4.22. The van der Waals surface area contributed by atoms with Crippen molar-refractivity contribution in [1.29, 1.82) is 0 Å². The van der Waals surface area contributed by atoms with Crippen molar-refractivity contribution in [3.63, 3.8) is 0 Å². The maximum Gasteiger partial charge on any atom is 0.391 e. The molecule has 0 saturated carbocycles. The summed E-state index contributed by atoms with van der Waals surface area (Å²) in [5, 5.41) is 9.39. The fraction of sp³-hybridized carbons (Fsp3) is 0.583. The van der Waals surface area contributed by atoms with E-state index < -0.39 is 18.7 Å². The van der Waals surface area contributed by atoms with Crippen LogP contribution < -0.4 is 4.74 Å². The number of pyridine rings is 1. The standard InChI is InChI=1S/C12H16F3NO2/c1-7-6-16-10(8(2)11(7)18-3)4-9(17)5-12(13,14)15/h6,9,17H,4-5H2,1-3H3. The molecular formula is C12H16F3NO2. The quantitative estimate of drug-likeness (QED) is 0.907. The van der Waals surface area contributed by atoms with Gasteiger partial charge in [0.1, 0.15) is 5.75 Å². The van der Waals surface area contributed by atoms with Gasteiger partial charge in [-0.2, -0.15) is 13.2 Å². The number of aliphatic hydroxyl groups is 1. The van der Waals surface area contributed by atoms with Crippen LogP contribution in [0.3, 0.4) is 0 Å². The van der Waals surface area contributed by atoms with E-state index in [1.807, 2.05) is 0 Å². The van der Waals surface area contributed by atoms with Crippen LogP contribution in [0, 0.1) is 13.8 Å². The summed E-state index contributed by atoms with van der Waals surface area (Å²) in [7, 11) is 1.49. The van der Waals surface area contributed by atoms with Gasteiger partial charge in [0.25, 0.3) is 0 Å². The summed E-state index contributed by atoms with van der Waals surface area (Å²) < 4.78 is 41.5. The van der Waals surface area contributed by atoms with Gasteiger partial charge in [-0.3, -0.25) is 4.98 Å². The van der Waals surface area contributed by atoms with Gasteiger partial charge in [-0.15, -0.1) is 0 Å². The molecule has 1 atom stereocenters. The molecule has 0 aromatic carbocycles. The Labute approximate surface area is 104 Å². The van der Waals surface area contributed by atoms with Crippen LogP contribution in [-0.2, 0) is 6.42 Å². The first kappa shape index (κ1) is 14.8. The maximum atomic E-state index is 12.1. The van der Waals surface area contributed by atoms with Crippen molar-refractivity contribution < 1.29 is 23.0 Å². The molecule has 3 nitrogen and oxygen atoms in total. The van der Waals surface area contributed by atoms with E-state index in [1.165, 1.54) is 13.3 Å². The Hall–Kier alpha value is -1.30. The third kappa shape index (κ3) is 3.87. The number of ether oxygens (including phenoxy) is 1. The predicted octanol–water partition coefficient (Wildman–Crippen LogP) is 2.56. The molecule has 0 spiro atoms. The molecule has 0 saturated heterocycles. The van der Waals surface area contributed by atoms with Gasteiger partial charge in [-0.1, -0.05) is 0 Å². The summed E-state index contributed by atoms with van der Waals surface area (Å²) in [6.45, 7) is 3.52. The van der Waals surface area contributed by atoms with Crippen LogP contribution in [-0.4, -0.2) is 29.5 Å². The van der Waals surface area contributed by atoms with Gasteiger partial charge in [0, 0.05) is 29.4 Å². The topological polar surface area (TPSA) is 42.4 Å². The SMILES string of the molecule is COc1c(C)cnc(CC(O)CC(F)(F)F)c1C. The number of nitrogens with zero attached hydrogens (tertiary/aromatic N) is 1. The zero-order valence-corrected chi connectivity index (χ0v) is 10.5. The van der Waals surface area contributed by atoms with Gasteiger partial charge in [0.2, 0.25) is 0 Å². The summed E-state index contributed by atoms with van der Waals surface area (Å²) in [6.07, 6.45) is -5.70. The smallest absolute Gasteiger partial charge is 0.391 e. The normalized spacial score (nSPS) is 13.5. The molecule has 1 heterocycles. The van der Waals surface area contributed by atoms with Gasteiger partial charge < -0.3 is 9.84 Å². The number of rotatable bonds is 4. The molecule has 1 rings (SSSR count). The number of methoxy groups -OCH3 is 1. The zero-order chi connectivity index (χ0) is 13.9. The Balaban J connectivity index is 2.85. The van der Waals surface area contributed by atoms with Crippen molar-refractivity contribution in [2.75, 3.05) is 7.11 Å². The average molecular weight is 263 g/mol. The van der Waals surface area contributed by atoms with Crippen LogP contribution in [0.4, 0.5) is 13.2 Å². The molecule has 1 aromatic rings. The Kier molecular flexibility index (Phi) is 4.56.